The fourth-order valence-corrected chi connectivity index (χ4v) is 4.02. The second kappa shape index (κ2) is 9.57. The van der Waals surface area contributed by atoms with Crippen LogP contribution in [0, 0.1) is 5.41 Å². The number of hydrogen-bond donors (Lipinski definition) is 1. The van der Waals surface area contributed by atoms with Crippen molar-refractivity contribution < 1.29 is 4.74 Å². The number of methoxy groups -OCH3 is 1. The van der Waals surface area contributed by atoms with Gasteiger partial charge < -0.3 is 10.5 Å². The number of thioether (sulfide) groups is 1. The summed E-state index contributed by atoms with van der Waals surface area (Å²) in [6, 6.07) is 3.75. The van der Waals surface area contributed by atoms with Crippen LogP contribution in [0.25, 0.3) is 0 Å². The number of unbranched alkanes of at least 4 members (excludes halogenated alkanes) is 2. The van der Waals surface area contributed by atoms with Crippen LogP contribution in [-0.4, -0.2) is 12.9 Å². The van der Waals surface area contributed by atoms with Gasteiger partial charge in [-0.05, 0) is 30.4 Å². The van der Waals surface area contributed by atoms with Crippen molar-refractivity contribution in [3.8, 4) is 5.75 Å². The third kappa shape index (κ3) is 5.92. The predicted octanol–water partition coefficient (Wildman–Crippen LogP) is 6.41. The normalized spacial score (nSPS) is 11.7. The highest BCUT2D eigenvalue weighted by molar-refractivity contribution is 7.99. The van der Waals surface area contributed by atoms with Crippen molar-refractivity contribution >= 4 is 29.1 Å². The predicted molar refractivity (Wildman–Crippen MR) is 100 cm³/mol. The summed E-state index contributed by atoms with van der Waals surface area (Å²) in [5.41, 5.74) is 7.22. The Hall–Kier alpha value is -0.540. The first-order valence-electron chi connectivity index (χ1n) is 8.21. The molecule has 0 aliphatic carbocycles. The van der Waals surface area contributed by atoms with Crippen LogP contribution in [0.5, 0.6) is 5.75 Å². The molecule has 0 radical (unpaired) electrons. The summed E-state index contributed by atoms with van der Waals surface area (Å²) in [6.45, 7) is 6.93. The lowest BCUT2D eigenvalue weighted by atomic mass is 9.82. The first kappa shape index (κ1) is 19.5. The second-order valence-corrected chi connectivity index (χ2v) is 7.76. The number of nitrogen functional groups attached to an aromatic ring is 1. The standard InChI is InChI=1S/C18H30ClNOS/c1-5-7-9-18(3,10-8-6-2)13-22-17-12-16(21-4)14(19)11-15(17)20/h11-12H,5-10,13,20H2,1-4H3. The molecule has 0 aliphatic heterocycles. The van der Waals surface area contributed by atoms with Gasteiger partial charge in [0.05, 0.1) is 12.1 Å². The van der Waals surface area contributed by atoms with E-state index in [4.69, 9.17) is 22.1 Å². The van der Waals surface area contributed by atoms with Gasteiger partial charge in [-0.15, -0.1) is 11.8 Å². The molecule has 1 aromatic carbocycles. The summed E-state index contributed by atoms with van der Waals surface area (Å²) >= 11 is 7.94. The van der Waals surface area contributed by atoms with Gasteiger partial charge in [-0.2, -0.15) is 0 Å². The molecule has 22 heavy (non-hydrogen) atoms. The summed E-state index contributed by atoms with van der Waals surface area (Å²) in [4.78, 5) is 1.07. The van der Waals surface area contributed by atoms with Gasteiger partial charge in [0, 0.05) is 16.3 Å². The van der Waals surface area contributed by atoms with Gasteiger partial charge in [-0.1, -0.05) is 58.1 Å². The molecular weight excluding hydrogens is 314 g/mol. The molecule has 0 unspecified atom stereocenters. The van der Waals surface area contributed by atoms with E-state index in [0.29, 0.717) is 16.2 Å². The van der Waals surface area contributed by atoms with E-state index in [1.807, 2.05) is 17.8 Å². The third-order valence-electron chi connectivity index (χ3n) is 4.13. The summed E-state index contributed by atoms with van der Waals surface area (Å²) in [5, 5.41) is 0.573. The molecule has 4 heteroatoms. The number of ether oxygens (including phenoxy) is 1. The van der Waals surface area contributed by atoms with E-state index in [2.05, 4.69) is 20.8 Å². The number of halogens is 1. The minimum atomic E-state index is 0.371. The Morgan fingerprint density at radius 2 is 1.77 bits per heavy atom. The molecule has 126 valence electrons. The number of anilines is 1. The molecule has 0 fully saturated rings. The number of rotatable bonds is 10. The minimum absolute atomic E-state index is 0.371. The summed E-state index contributed by atoms with van der Waals surface area (Å²) in [6.07, 6.45) is 7.65. The van der Waals surface area contributed by atoms with Crippen LogP contribution in [-0.2, 0) is 0 Å². The van der Waals surface area contributed by atoms with Gasteiger partial charge in [0.2, 0.25) is 0 Å². The monoisotopic (exact) mass is 343 g/mol. The van der Waals surface area contributed by atoms with Gasteiger partial charge >= 0.3 is 0 Å². The molecule has 2 nitrogen and oxygen atoms in total. The van der Waals surface area contributed by atoms with Gasteiger partial charge in [-0.3, -0.25) is 0 Å². The van der Waals surface area contributed by atoms with E-state index < -0.39 is 0 Å². The molecule has 0 saturated heterocycles. The van der Waals surface area contributed by atoms with Crippen molar-refractivity contribution in [3.63, 3.8) is 0 Å². The average Bonchev–Trinajstić information content (AvgIpc) is 2.50. The van der Waals surface area contributed by atoms with E-state index in [-0.39, 0.29) is 0 Å². The van der Waals surface area contributed by atoms with E-state index in [0.717, 1.165) is 16.3 Å². The lowest BCUT2D eigenvalue weighted by Crippen LogP contribution is -2.19. The molecule has 0 bridgehead atoms. The molecule has 0 aliphatic rings. The van der Waals surface area contributed by atoms with Gasteiger partial charge in [0.25, 0.3) is 0 Å². The molecule has 1 rings (SSSR count). The van der Waals surface area contributed by atoms with E-state index in [9.17, 15) is 0 Å². The second-order valence-electron chi connectivity index (χ2n) is 6.33. The topological polar surface area (TPSA) is 35.2 Å². The molecule has 0 atom stereocenters. The van der Waals surface area contributed by atoms with Crippen molar-refractivity contribution in [2.45, 2.75) is 64.2 Å². The highest BCUT2D eigenvalue weighted by atomic mass is 35.5. The quantitative estimate of drug-likeness (QED) is 0.393. The Labute approximate surface area is 145 Å². The summed E-state index contributed by atoms with van der Waals surface area (Å²) in [5.74, 6) is 1.78. The number of benzene rings is 1. The highest BCUT2D eigenvalue weighted by Crippen LogP contribution is 2.40. The number of nitrogens with two attached hydrogens (primary N) is 1. The lowest BCUT2D eigenvalue weighted by Gasteiger charge is -2.29. The van der Waals surface area contributed by atoms with Crippen LogP contribution < -0.4 is 10.5 Å². The Morgan fingerprint density at radius 3 is 2.27 bits per heavy atom. The van der Waals surface area contributed by atoms with Crippen LogP contribution in [0.2, 0.25) is 5.02 Å². The van der Waals surface area contributed by atoms with Gasteiger partial charge in [0.1, 0.15) is 5.75 Å². The molecule has 0 saturated carbocycles. The molecule has 0 aromatic heterocycles. The Morgan fingerprint density at radius 1 is 1.18 bits per heavy atom. The zero-order valence-electron chi connectivity index (χ0n) is 14.4. The van der Waals surface area contributed by atoms with Crippen molar-refractivity contribution in [2.24, 2.45) is 5.41 Å². The fraction of sp³-hybridized carbons (Fsp3) is 0.667. The Balaban J connectivity index is 2.79. The maximum atomic E-state index is 6.11. The fourth-order valence-electron chi connectivity index (χ4n) is 2.56. The van der Waals surface area contributed by atoms with Crippen molar-refractivity contribution in [1.82, 2.24) is 0 Å². The van der Waals surface area contributed by atoms with Crippen molar-refractivity contribution in [2.75, 3.05) is 18.6 Å². The number of hydrogen-bond acceptors (Lipinski definition) is 3. The van der Waals surface area contributed by atoms with Crippen LogP contribution in [0.1, 0.15) is 59.3 Å². The van der Waals surface area contributed by atoms with E-state index in [1.54, 1.807) is 13.2 Å². The van der Waals surface area contributed by atoms with Gasteiger partial charge in [-0.25, -0.2) is 0 Å². The molecular formula is C18H30ClNOS. The minimum Gasteiger partial charge on any atom is -0.495 e. The first-order valence-corrected chi connectivity index (χ1v) is 9.58. The highest BCUT2D eigenvalue weighted by Gasteiger charge is 2.24. The molecule has 0 amide bonds. The summed E-state index contributed by atoms with van der Waals surface area (Å²) < 4.78 is 5.30. The SMILES string of the molecule is CCCCC(C)(CCCC)CSc1cc(OC)c(Cl)cc1N. The smallest absolute Gasteiger partial charge is 0.138 e. The van der Waals surface area contributed by atoms with Crippen molar-refractivity contribution in [1.29, 1.82) is 0 Å². The average molecular weight is 344 g/mol. The Kier molecular flexibility index (Phi) is 8.48. The van der Waals surface area contributed by atoms with Crippen molar-refractivity contribution in [3.05, 3.63) is 17.2 Å². The zero-order chi connectivity index (χ0) is 16.6. The molecule has 0 spiro atoms. The van der Waals surface area contributed by atoms with Gasteiger partial charge in [0.15, 0.2) is 0 Å². The maximum Gasteiger partial charge on any atom is 0.138 e. The van der Waals surface area contributed by atoms with Crippen LogP contribution in [0.15, 0.2) is 17.0 Å². The van der Waals surface area contributed by atoms with Crippen LogP contribution in [0.4, 0.5) is 5.69 Å². The maximum absolute atomic E-state index is 6.11. The van der Waals surface area contributed by atoms with Crippen LogP contribution >= 0.6 is 23.4 Å². The van der Waals surface area contributed by atoms with E-state index in [1.165, 1.54) is 38.5 Å². The molecule has 2 N–H and O–H groups in total. The van der Waals surface area contributed by atoms with Crippen LogP contribution in [0.3, 0.4) is 0 Å². The van der Waals surface area contributed by atoms with E-state index >= 15 is 0 Å². The third-order valence-corrected chi connectivity index (χ3v) is 5.93. The molecule has 1 aromatic rings. The largest absolute Gasteiger partial charge is 0.495 e. The Bertz CT molecular complexity index is 457. The zero-order valence-corrected chi connectivity index (χ0v) is 15.9. The first-order chi connectivity index (χ1) is 10.5. The molecule has 0 heterocycles. The lowest BCUT2D eigenvalue weighted by molar-refractivity contribution is 0.296. The summed E-state index contributed by atoms with van der Waals surface area (Å²) in [7, 11) is 1.64.